The summed E-state index contributed by atoms with van der Waals surface area (Å²) in [6.07, 6.45) is 4.50. The summed E-state index contributed by atoms with van der Waals surface area (Å²) in [6, 6.07) is 12.6. The van der Waals surface area contributed by atoms with Crippen LogP contribution in [0.5, 0.6) is 11.6 Å². The van der Waals surface area contributed by atoms with Crippen molar-refractivity contribution in [2.45, 2.75) is 51.8 Å². The van der Waals surface area contributed by atoms with Crippen LogP contribution in [0.2, 0.25) is 0 Å². The summed E-state index contributed by atoms with van der Waals surface area (Å²) in [7, 11) is 0. The number of hydrogen-bond donors (Lipinski definition) is 1. The molecule has 3 heterocycles. The van der Waals surface area contributed by atoms with Crippen molar-refractivity contribution in [2.24, 2.45) is 5.92 Å². The summed E-state index contributed by atoms with van der Waals surface area (Å²) in [4.78, 5) is 18.8. The maximum Gasteiger partial charge on any atom is 0.257 e. The molecule has 2 atom stereocenters. The van der Waals surface area contributed by atoms with Crippen LogP contribution in [0.4, 0.5) is 0 Å². The Bertz CT molecular complexity index is 847. The number of carbonyl (C=O) groups excluding carboxylic acids is 1. The predicted molar refractivity (Wildman–Crippen MR) is 115 cm³/mol. The molecule has 1 aromatic heterocycles. The van der Waals surface area contributed by atoms with Gasteiger partial charge < -0.3 is 14.8 Å². The van der Waals surface area contributed by atoms with Crippen LogP contribution in [0.15, 0.2) is 42.6 Å². The molecule has 0 bridgehead atoms. The van der Waals surface area contributed by atoms with Crippen molar-refractivity contribution in [2.75, 3.05) is 19.7 Å². The molecule has 0 spiro atoms. The highest BCUT2D eigenvalue weighted by molar-refractivity contribution is 5.78. The largest absolute Gasteiger partial charge is 0.484 e. The molecule has 6 heteroatoms. The van der Waals surface area contributed by atoms with E-state index in [0.717, 1.165) is 44.5 Å². The first-order valence-corrected chi connectivity index (χ1v) is 11.0. The van der Waals surface area contributed by atoms with Crippen molar-refractivity contribution in [1.29, 1.82) is 0 Å². The second-order valence-corrected chi connectivity index (χ2v) is 8.33. The van der Waals surface area contributed by atoms with E-state index in [1.54, 1.807) is 6.20 Å². The van der Waals surface area contributed by atoms with Crippen LogP contribution in [-0.4, -0.2) is 41.5 Å². The molecule has 1 aromatic carbocycles. The summed E-state index contributed by atoms with van der Waals surface area (Å²) in [5, 5.41) is 3.21. The number of rotatable bonds is 6. The summed E-state index contributed by atoms with van der Waals surface area (Å²) in [5.74, 6) is 1.55. The zero-order chi connectivity index (χ0) is 20.9. The van der Waals surface area contributed by atoms with E-state index in [1.165, 1.54) is 5.56 Å². The SMILES string of the molecule is CC[C@H](C)C(=O)NC1CCN(Cc2ccc([C@H]3COc4cccnc4O3)cc2)CC1. The van der Waals surface area contributed by atoms with Gasteiger partial charge in [-0.1, -0.05) is 38.1 Å². The Morgan fingerprint density at radius 1 is 1.23 bits per heavy atom. The quantitative estimate of drug-likeness (QED) is 0.788. The lowest BCUT2D eigenvalue weighted by atomic mass is 10.0. The maximum absolute atomic E-state index is 12.1. The van der Waals surface area contributed by atoms with Gasteiger partial charge in [0.15, 0.2) is 11.9 Å². The number of nitrogens with one attached hydrogen (secondary N) is 1. The third-order valence-corrected chi connectivity index (χ3v) is 6.13. The van der Waals surface area contributed by atoms with Gasteiger partial charge in [-0.05, 0) is 42.5 Å². The van der Waals surface area contributed by atoms with E-state index in [9.17, 15) is 4.79 Å². The molecule has 6 nitrogen and oxygen atoms in total. The van der Waals surface area contributed by atoms with Crippen molar-refractivity contribution in [3.63, 3.8) is 0 Å². The van der Waals surface area contributed by atoms with Crippen LogP contribution in [-0.2, 0) is 11.3 Å². The number of piperidine rings is 1. The molecule has 2 aliphatic rings. The molecule has 1 N–H and O–H groups in total. The second-order valence-electron chi connectivity index (χ2n) is 8.33. The number of carbonyl (C=O) groups is 1. The number of likely N-dealkylation sites (tertiary alicyclic amines) is 1. The molecule has 1 amide bonds. The Morgan fingerprint density at radius 2 is 2.00 bits per heavy atom. The molecule has 4 rings (SSSR count). The average molecular weight is 410 g/mol. The number of amides is 1. The van der Waals surface area contributed by atoms with Gasteiger partial charge in [-0.2, -0.15) is 0 Å². The molecular weight excluding hydrogens is 378 g/mol. The zero-order valence-corrected chi connectivity index (χ0v) is 17.8. The molecule has 2 aliphatic heterocycles. The highest BCUT2D eigenvalue weighted by Crippen LogP contribution is 2.34. The summed E-state index contributed by atoms with van der Waals surface area (Å²) in [5.41, 5.74) is 2.39. The highest BCUT2D eigenvalue weighted by atomic mass is 16.6. The molecule has 0 radical (unpaired) electrons. The Kier molecular flexibility index (Phi) is 6.53. The number of nitrogens with zero attached hydrogens (tertiary/aromatic N) is 2. The molecule has 1 fully saturated rings. The van der Waals surface area contributed by atoms with Crippen molar-refractivity contribution >= 4 is 5.91 Å². The maximum atomic E-state index is 12.1. The number of aromatic nitrogens is 1. The molecule has 1 saturated heterocycles. The van der Waals surface area contributed by atoms with Gasteiger partial charge in [0.2, 0.25) is 5.91 Å². The van der Waals surface area contributed by atoms with Crippen LogP contribution in [0.3, 0.4) is 0 Å². The van der Waals surface area contributed by atoms with Gasteiger partial charge >= 0.3 is 0 Å². The van der Waals surface area contributed by atoms with Gasteiger partial charge in [0.05, 0.1) is 0 Å². The summed E-state index contributed by atoms with van der Waals surface area (Å²) < 4.78 is 11.8. The topological polar surface area (TPSA) is 63.7 Å². The number of ether oxygens (including phenoxy) is 2. The van der Waals surface area contributed by atoms with E-state index in [2.05, 4.69) is 46.4 Å². The molecule has 0 unspecified atom stereocenters. The highest BCUT2D eigenvalue weighted by Gasteiger charge is 2.24. The third-order valence-electron chi connectivity index (χ3n) is 6.13. The smallest absolute Gasteiger partial charge is 0.257 e. The lowest BCUT2D eigenvalue weighted by molar-refractivity contribution is -0.125. The minimum absolute atomic E-state index is 0.101. The van der Waals surface area contributed by atoms with Gasteiger partial charge in [0, 0.05) is 37.8 Å². The van der Waals surface area contributed by atoms with E-state index in [1.807, 2.05) is 19.1 Å². The van der Waals surface area contributed by atoms with E-state index in [0.29, 0.717) is 24.3 Å². The van der Waals surface area contributed by atoms with Crippen molar-refractivity contribution in [3.8, 4) is 11.6 Å². The van der Waals surface area contributed by atoms with Crippen LogP contribution in [0.1, 0.15) is 50.3 Å². The first kappa shape index (κ1) is 20.7. The normalized spacial score (nSPS) is 20.5. The first-order chi connectivity index (χ1) is 14.6. The molecule has 30 heavy (non-hydrogen) atoms. The fourth-order valence-corrected chi connectivity index (χ4v) is 3.93. The number of hydrogen-bond acceptors (Lipinski definition) is 5. The Labute approximate surface area is 178 Å². The fourth-order valence-electron chi connectivity index (χ4n) is 3.93. The lowest BCUT2D eigenvalue weighted by Gasteiger charge is -2.33. The van der Waals surface area contributed by atoms with E-state index < -0.39 is 0 Å². The number of benzene rings is 1. The Hall–Kier alpha value is -2.60. The summed E-state index contributed by atoms with van der Waals surface area (Å²) >= 11 is 0. The van der Waals surface area contributed by atoms with Crippen LogP contribution >= 0.6 is 0 Å². The number of fused-ring (bicyclic) bond motifs is 1. The minimum Gasteiger partial charge on any atom is -0.484 e. The lowest BCUT2D eigenvalue weighted by Crippen LogP contribution is -2.45. The van der Waals surface area contributed by atoms with Crippen molar-refractivity contribution < 1.29 is 14.3 Å². The van der Waals surface area contributed by atoms with Gasteiger partial charge in [-0.3, -0.25) is 9.69 Å². The molecule has 0 saturated carbocycles. The van der Waals surface area contributed by atoms with Gasteiger partial charge in [0.25, 0.3) is 5.88 Å². The molecule has 0 aliphatic carbocycles. The van der Waals surface area contributed by atoms with Crippen molar-refractivity contribution in [1.82, 2.24) is 15.2 Å². The zero-order valence-electron chi connectivity index (χ0n) is 17.8. The predicted octanol–water partition coefficient (Wildman–Crippen LogP) is 3.72. The van der Waals surface area contributed by atoms with Gasteiger partial charge in [-0.15, -0.1) is 0 Å². The van der Waals surface area contributed by atoms with Crippen LogP contribution in [0, 0.1) is 5.92 Å². The number of pyridine rings is 1. The monoisotopic (exact) mass is 409 g/mol. The standard InChI is InChI=1S/C24H31N3O3/c1-3-17(2)23(28)26-20-10-13-27(14-11-20)15-18-6-8-19(9-7-18)22-16-29-21-5-4-12-25-24(21)30-22/h4-9,12,17,20,22H,3,10-11,13-16H2,1-2H3,(H,26,28)/t17-,22+/m0/s1. The van der Waals surface area contributed by atoms with Gasteiger partial charge in [-0.25, -0.2) is 4.98 Å². The summed E-state index contributed by atoms with van der Waals surface area (Å²) in [6.45, 7) is 7.49. The second kappa shape index (κ2) is 9.47. The van der Waals surface area contributed by atoms with Gasteiger partial charge in [0.1, 0.15) is 6.61 Å². The van der Waals surface area contributed by atoms with Crippen molar-refractivity contribution in [3.05, 3.63) is 53.7 Å². The van der Waals surface area contributed by atoms with E-state index in [4.69, 9.17) is 9.47 Å². The van der Waals surface area contributed by atoms with Crippen LogP contribution < -0.4 is 14.8 Å². The third kappa shape index (κ3) is 4.93. The molecule has 160 valence electrons. The molecular formula is C24H31N3O3. The first-order valence-electron chi connectivity index (χ1n) is 11.0. The average Bonchev–Trinajstić information content (AvgIpc) is 2.80. The van der Waals surface area contributed by atoms with E-state index >= 15 is 0 Å². The Balaban J connectivity index is 1.26. The fraction of sp³-hybridized carbons (Fsp3) is 0.500. The van der Waals surface area contributed by atoms with Crippen LogP contribution in [0.25, 0.3) is 0 Å². The molecule has 2 aromatic rings. The Morgan fingerprint density at radius 3 is 2.73 bits per heavy atom. The minimum atomic E-state index is -0.133. The van der Waals surface area contributed by atoms with E-state index in [-0.39, 0.29) is 17.9 Å².